The van der Waals surface area contributed by atoms with Crippen LogP contribution in [0.2, 0.25) is 8.26 Å². The number of fused-ring (bicyclic) bond motifs is 6. The Labute approximate surface area is 396 Å². The average Bonchev–Trinajstić information content (AvgIpc) is 3.91. The Hall–Kier alpha value is -4.26. The fourth-order valence-corrected chi connectivity index (χ4v) is 29.7. The van der Waals surface area contributed by atoms with Gasteiger partial charge in [-0.15, -0.1) is 0 Å². The van der Waals surface area contributed by atoms with E-state index in [1.54, 1.807) is 22.3 Å². The molecule has 0 nitrogen and oxygen atoms in total. The molecule has 0 radical (unpaired) electrons. The van der Waals surface area contributed by atoms with Crippen LogP contribution in [0.1, 0.15) is 100 Å². The Morgan fingerprint density at radius 3 is 1.06 bits per heavy atom. The molecule has 13 rings (SSSR count). The van der Waals surface area contributed by atoms with Crippen molar-refractivity contribution < 1.29 is 45.1 Å². The Morgan fingerprint density at radius 1 is 0.359 bits per heavy atom. The molecule has 8 aromatic carbocycles. The number of hydrogen-bond donors (Lipinski definition) is 0. The van der Waals surface area contributed by atoms with E-state index in [2.05, 4.69) is 158 Å². The summed E-state index contributed by atoms with van der Waals surface area (Å²) in [6.45, 7) is 0. The quantitative estimate of drug-likeness (QED) is 0.146. The first-order chi connectivity index (χ1) is 30.7. The standard InChI is InChI=1S/2C29H25.C3H6.2ClH.Zr/c2*1-2-9-20(10-3-1)24-18-23-13-8-16-27(28(23)19-24)29-25-14-6-4-11-21(25)17-22-12-5-7-15-26(22)29;1-3-2;;;/h2*4-8,11-20H,1-3,9-10H2;1-3H2;2*1H;/q;;;;;+2/p-2. The van der Waals surface area contributed by atoms with Gasteiger partial charge < -0.3 is 24.8 Å². The van der Waals surface area contributed by atoms with Gasteiger partial charge in [0.2, 0.25) is 0 Å². The fraction of sp³-hybridized carbons (Fsp3) is 0.279. The van der Waals surface area contributed by atoms with Crippen LogP contribution >= 0.6 is 0 Å². The van der Waals surface area contributed by atoms with Gasteiger partial charge in [-0.2, -0.15) is 0 Å². The van der Waals surface area contributed by atoms with Crippen molar-refractivity contribution in [1.82, 2.24) is 0 Å². The van der Waals surface area contributed by atoms with E-state index in [1.165, 1.54) is 144 Å². The van der Waals surface area contributed by atoms with Gasteiger partial charge in [0.1, 0.15) is 0 Å². The van der Waals surface area contributed by atoms with Crippen LogP contribution in [0.3, 0.4) is 0 Å². The van der Waals surface area contributed by atoms with Crippen LogP contribution in [0.25, 0.3) is 77.5 Å². The van der Waals surface area contributed by atoms with Gasteiger partial charge in [0, 0.05) is 0 Å². The van der Waals surface area contributed by atoms with Crippen molar-refractivity contribution in [2.75, 3.05) is 0 Å². The van der Waals surface area contributed by atoms with E-state index in [4.69, 9.17) is 0 Å². The van der Waals surface area contributed by atoms with Gasteiger partial charge in [0.15, 0.2) is 0 Å². The van der Waals surface area contributed by atoms with Crippen LogP contribution in [-0.4, -0.2) is 0 Å². The van der Waals surface area contributed by atoms with E-state index in [-0.39, 0.29) is 24.8 Å². The van der Waals surface area contributed by atoms with E-state index < -0.39 is 20.3 Å². The van der Waals surface area contributed by atoms with Gasteiger partial charge in [0.25, 0.3) is 0 Å². The van der Waals surface area contributed by atoms with Crippen molar-refractivity contribution in [3.8, 4) is 22.3 Å². The summed E-state index contributed by atoms with van der Waals surface area (Å²) in [6.07, 6.45) is 20.9. The van der Waals surface area contributed by atoms with Gasteiger partial charge >= 0.3 is 375 Å². The van der Waals surface area contributed by atoms with E-state index in [1.807, 2.05) is 11.1 Å². The summed E-state index contributed by atoms with van der Waals surface area (Å²) >= 11 is -3.21. The van der Waals surface area contributed by atoms with Gasteiger partial charge in [-0.3, -0.25) is 0 Å². The van der Waals surface area contributed by atoms with E-state index in [0.29, 0.717) is 19.1 Å². The van der Waals surface area contributed by atoms with Crippen molar-refractivity contribution in [2.45, 2.75) is 86.1 Å². The maximum absolute atomic E-state index is 3.21. The number of halogens is 2. The molecule has 0 spiro atoms. The van der Waals surface area contributed by atoms with Crippen molar-refractivity contribution in [1.29, 1.82) is 0 Å². The second-order valence-corrected chi connectivity index (χ2v) is 31.3. The Bertz CT molecular complexity index is 2840. The summed E-state index contributed by atoms with van der Waals surface area (Å²) in [5, 5.41) is 10.9. The normalized spacial score (nSPS) is 20.1. The summed E-state index contributed by atoms with van der Waals surface area (Å²) in [7, 11) is 0. The molecule has 0 N–H and O–H groups in total. The summed E-state index contributed by atoms with van der Waals surface area (Å²) < 4.78 is 4.31. The zero-order chi connectivity index (χ0) is 40.8. The summed E-state index contributed by atoms with van der Waals surface area (Å²) in [4.78, 5) is 0. The first kappa shape index (κ1) is 42.4. The minimum Gasteiger partial charge on any atom is -1.00 e. The zero-order valence-corrected chi connectivity index (χ0v) is 40.7. The predicted molar refractivity (Wildman–Crippen MR) is 263 cm³/mol. The molecule has 8 aromatic rings. The molecule has 3 heteroatoms. The predicted octanol–water partition coefficient (Wildman–Crippen LogP) is 11.8. The molecule has 4 aliphatic carbocycles. The average molecular weight is 951 g/mol. The maximum atomic E-state index is 2.84. The van der Waals surface area contributed by atoms with E-state index in [9.17, 15) is 0 Å². The molecule has 0 aromatic heterocycles. The molecule has 1 saturated heterocycles. The number of hydrogen-bond acceptors (Lipinski definition) is 0. The molecule has 1 heterocycles. The smallest absolute Gasteiger partial charge is 1.00 e. The van der Waals surface area contributed by atoms with Crippen LogP contribution in [0.15, 0.2) is 157 Å². The molecule has 2 unspecified atom stereocenters. The van der Waals surface area contributed by atoms with Gasteiger partial charge in [-0.1, -0.05) is 0 Å². The number of allylic oxidation sites excluding steroid dienone is 2. The van der Waals surface area contributed by atoms with Crippen molar-refractivity contribution >= 4 is 55.2 Å². The summed E-state index contributed by atoms with van der Waals surface area (Å²) in [6, 6.07) is 56.7. The topological polar surface area (TPSA) is 0 Å². The second kappa shape index (κ2) is 17.2. The molecular formula is C61H56Cl2Zr. The molecule has 64 heavy (non-hydrogen) atoms. The zero-order valence-electron chi connectivity index (χ0n) is 36.8. The van der Waals surface area contributed by atoms with E-state index >= 15 is 0 Å². The largest absolute Gasteiger partial charge is 1.00 e. The van der Waals surface area contributed by atoms with Gasteiger partial charge in [-0.25, -0.2) is 0 Å². The third-order valence-corrected chi connectivity index (χ3v) is 32.0. The monoisotopic (exact) mass is 948 g/mol. The molecule has 0 amide bonds. The summed E-state index contributed by atoms with van der Waals surface area (Å²) in [5.74, 6) is 1.42. The molecule has 1 aliphatic heterocycles. The van der Waals surface area contributed by atoms with Crippen LogP contribution < -0.4 is 24.8 Å². The first-order valence-electron chi connectivity index (χ1n) is 24.3. The van der Waals surface area contributed by atoms with E-state index in [0.717, 1.165) is 0 Å². The molecular weight excluding hydrogens is 895 g/mol. The Morgan fingerprint density at radius 2 is 0.719 bits per heavy atom. The molecule has 3 fully saturated rings. The second-order valence-electron chi connectivity index (χ2n) is 19.9. The van der Waals surface area contributed by atoms with Crippen molar-refractivity contribution in [3.63, 3.8) is 0 Å². The molecule has 2 saturated carbocycles. The Kier molecular flexibility index (Phi) is 11.4. The van der Waals surface area contributed by atoms with Gasteiger partial charge in [0.05, 0.1) is 0 Å². The van der Waals surface area contributed by atoms with Crippen LogP contribution in [0.5, 0.6) is 0 Å². The molecule has 318 valence electrons. The Balaban J connectivity index is 0.00000228. The molecule has 2 atom stereocenters. The third kappa shape index (κ3) is 6.61. The summed E-state index contributed by atoms with van der Waals surface area (Å²) in [5.41, 5.74) is 16.1. The van der Waals surface area contributed by atoms with Crippen molar-refractivity contribution in [3.05, 3.63) is 179 Å². The first-order valence-corrected chi connectivity index (χ1v) is 30.6. The van der Waals surface area contributed by atoms with Crippen LogP contribution in [0, 0.1) is 11.8 Å². The fourth-order valence-electron chi connectivity index (χ4n) is 14.1. The van der Waals surface area contributed by atoms with Crippen LogP contribution in [-0.2, 0) is 20.3 Å². The van der Waals surface area contributed by atoms with Gasteiger partial charge in [-0.05, 0) is 0 Å². The number of benzene rings is 8. The minimum absolute atomic E-state index is 0. The minimum atomic E-state index is -3.21. The molecule has 5 aliphatic rings. The van der Waals surface area contributed by atoms with Crippen molar-refractivity contribution in [2.24, 2.45) is 11.8 Å². The van der Waals surface area contributed by atoms with Crippen LogP contribution in [0.4, 0.5) is 0 Å². The SMILES string of the molecule is C1=C(C2CCCCC2)[CH]([Zr+2]2([CH]3C(C4CCCCC4)=Cc4c(-c5c6ccccc6cc6ccccc56)cccc43)[CH2]C[CH2]2)c2cccc(-c3c4ccccc4cc4ccccc34)c21.[Cl-].[Cl-]. The number of rotatable bonds is 6. The maximum Gasteiger partial charge on any atom is -1.00 e. The molecule has 0 bridgehead atoms. The third-order valence-electron chi connectivity index (χ3n) is 16.9.